The van der Waals surface area contributed by atoms with Crippen LogP contribution in [-0.4, -0.2) is 4.17 Å². The van der Waals surface area contributed by atoms with Crippen LogP contribution in [-0.2, 0) is 22.1 Å². The van der Waals surface area contributed by atoms with E-state index < -0.39 is 17.3 Å². The molecule has 0 aliphatic heterocycles. The quantitative estimate of drug-likeness (QED) is 0.752. The zero-order valence-electron chi connectivity index (χ0n) is 4.93. The molecule has 0 saturated heterocycles. The zero-order chi connectivity index (χ0) is 5.86. The average Bonchev–Trinajstić information content (AvgIpc) is 1.65. The van der Waals surface area contributed by atoms with Gasteiger partial charge in [0.05, 0.1) is 0 Å². The van der Waals surface area contributed by atoms with Gasteiger partial charge in [-0.05, 0) is 0 Å². The van der Waals surface area contributed by atoms with Crippen LogP contribution in [0.1, 0.15) is 13.3 Å². The summed E-state index contributed by atoms with van der Waals surface area (Å²) in [6, 6.07) is 0. The zero-order valence-corrected chi connectivity index (χ0v) is 7.20. The molecular weight excluding hydrogens is 271 g/mol. The Balaban J connectivity index is 3.35. The van der Waals surface area contributed by atoms with Crippen molar-refractivity contribution < 1.29 is 22.1 Å². The van der Waals surface area contributed by atoms with Gasteiger partial charge in [0.2, 0.25) is 0 Å². The van der Waals surface area contributed by atoms with Crippen molar-refractivity contribution in [1.29, 1.82) is 0 Å². The molecule has 0 unspecified atom stereocenters. The van der Waals surface area contributed by atoms with E-state index in [-0.39, 0.29) is 0 Å². The average molecular weight is 282 g/mol. The van der Waals surface area contributed by atoms with Gasteiger partial charge in [-0.2, -0.15) is 0 Å². The maximum atomic E-state index is 10.6. The molecular formula is C5H11OPt. The fourth-order valence-corrected chi connectivity index (χ4v) is 1.83. The summed E-state index contributed by atoms with van der Waals surface area (Å²) in [5.74, 6) is 0. The van der Waals surface area contributed by atoms with Gasteiger partial charge in [-0.25, -0.2) is 0 Å². The first-order valence-electron chi connectivity index (χ1n) is 2.06. The molecule has 0 fully saturated rings. The molecule has 2 heteroatoms. The van der Waals surface area contributed by atoms with Gasteiger partial charge in [0.15, 0.2) is 0 Å². The summed E-state index contributed by atoms with van der Waals surface area (Å²) in [6.07, 6.45) is 0.748. The van der Waals surface area contributed by atoms with Gasteiger partial charge in [-0.15, -0.1) is 0 Å². The summed E-state index contributed by atoms with van der Waals surface area (Å²) in [5, 5.41) is 4.16. The van der Waals surface area contributed by atoms with Gasteiger partial charge in [0.1, 0.15) is 0 Å². The van der Waals surface area contributed by atoms with Crippen LogP contribution in [0.5, 0.6) is 0 Å². The van der Waals surface area contributed by atoms with Gasteiger partial charge in [0, 0.05) is 0 Å². The molecule has 0 amide bonds. The number of hydrogen-bond donors (Lipinski definition) is 0. The third-order valence-corrected chi connectivity index (χ3v) is 3.95. The van der Waals surface area contributed by atoms with Crippen molar-refractivity contribution >= 4 is 4.17 Å². The second kappa shape index (κ2) is 3.37. The fourth-order valence-electron chi connectivity index (χ4n) is 0.224. The monoisotopic (exact) mass is 282 g/mol. The molecule has 0 aliphatic rings. The van der Waals surface area contributed by atoms with Crippen molar-refractivity contribution in [2.24, 2.45) is 0 Å². The summed E-state index contributed by atoms with van der Waals surface area (Å²) in [4.78, 5) is 10.6. The first-order chi connectivity index (χ1) is 3.18. The summed E-state index contributed by atoms with van der Waals surface area (Å²) in [6.45, 7) is 1.93. The number of carbonyl (C=O) groups is 1. The minimum absolute atomic E-state index is 0.505. The van der Waals surface area contributed by atoms with E-state index in [0.717, 1.165) is 6.42 Å². The first-order valence-corrected chi connectivity index (χ1v) is 7.74. The normalized spacial score (nSPS) is 11.0. The predicted octanol–water partition coefficient (Wildman–Crippen LogP) is 1.64. The minimum atomic E-state index is -1.05. The molecule has 0 heterocycles. The summed E-state index contributed by atoms with van der Waals surface area (Å²) in [7, 11) is 0. The van der Waals surface area contributed by atoms with E-state index in [2.05, 4.69) is 10.6 Å². The van der Waals surface area contributed by atoms with Crippen molar-refractivity contribution in [3.05, 3.63) is 0 Å². The van der Waals surface area contributed by atoms with Crippen molar-refractivity contribution in [3.63, 3.8) is 0 Å². The molecule has 0 aromatic carbocycles. The molecule has 0 aromatic heterocycles. The molecule has 0 saturated carbocycles. The van der Waals surface area contributed by atoms with Crippen LogP contribution in [0.2, 0.25) is 10.6 Å². The Morgan fingerprint density at radius 3 is 2.00 bits per heavy atom. The third-order valence-electron chi connectivity index (χ3n) is 0.609. The Hall–Kier alpha value is 0.358. The molecule has 0 bridgehead atoms. The Labute approximate surface area is 50.7 Å². The van der Waals surface area contributed by atoms with Crippen LogP contribution in [0.3, 0.4) is 0 Å². The molecule has 0 aromatic rings. The van der Waals surface area contributed by atoms with Crippen LogP contribution in [0.4, 0.5) is 0 Å². The van der Waals surface area contributed by atoms with Crippen LogP contribution >= 0.6 is 0 Å². The van der Waals surface area contributed by atoms with Gasteiger partial charge in [0.25, 0.3) is 0 Å². The maximum absolute atomic E-state index is 10.6. The number of carbonyl (C=O) groups excluding carboxylic acids is 1. The molecule has 0 radical (unpaired) electrons. The summed E-state index contributed by atoms with van der Waals surface area (Å²) >= 11 is -1.05. The van der Waals surface area contributed by atoms with Crippen LogP contribution < -0.4 is 0 Å². The summed E-state index contributed by atoms with van der Waals surface area (Å²) < 4.78 is 0.505. The van der Waals surface area contributed by atoms with E-state index >= 15 is 0 Å². The Morgan fingerprint density at radius 1 is 1.57 bits per heavy atom. The molecule has 0 rings (SSSR count). The van der Waals surface area contributed by atoms with E-state index in [0.29, 0.717) is 4.17 Å². The Kier molecular flexibility index (Phi) is 3.54. The Morgan fingerprint density at radius 2 is 2.00 bits per heavy atom. The molecule has 47 valence electrons. The second-order valence-electron chi connectivity index (χ2n) is 1.31. The molecule has 0 N–H and O–H groups in total. The van der Waals surface area contributed by atoms with Gasteiger partial charge >= 0.3 is 50.2 Å². The topological polar surface area (TPSA) is 17.1 Å². The van der Waals surface area contributed by atoms with E-state index in [1.807, 2.05) is 6.92 Å². The van der Waals surface area contributed by atoms with Gasteiger partial charge < -0.3 is 0 Å². The van der Waals surface area contributed by atoms with Crippen molar-refractivity contribution in [1.82, 2.24) is 0 Å². The molecule has 0 aliphatic carbocycles. The molecule has 1 nitrogen and oxygen atoms in total. The van der Waals surface area contributed by atoms with E-state index in [1.54, 1.807) is 0 Å². The first kappa shape index (κ1) is 7.36. The predicted molar refractivity (Wildman–Crippen MR) is 27.0 cm³/mol. The van der Waals surface area contributed by atoms with Crippen molar-refractivity contribution in [3.8, 4) is 0 Å². The van der Waals surface area contributed by atoms with Crippen LogP contribution in [0, 0.1) is 0 Å². The van der Waals surface area contributed by atoms with Crippen molar-refractivity contribution in [2.45, 2.75) is 24.0 Å². The molecule has 7 heavy (non-hydrogen) atoms. The summed E-state index contributed by atoms with van der Waals surface area (Å²) in [5.41, 5.74) is 0. The number of rotatable bonds is 2. The Bertz CT molecular complexity index is 68.5. The van der Waals surface area contributed by atoms with Gasteiger partial charge in [-0.1, -0.05) is 0 Å². The SMILES string of the molecule is CC[C](=O)[Pt]([CH3])[CH3]. The second-order valence-corrected chi connectivity index (χ2v) is 7.12. The standard InChI is InChI=1S/C3H5O.2CH3.Pt/c1-2-3-4;;;/h2H2,1H3;2*1H3;. The van der Waals surface area contributed by atoms with Gasteiger partial charge in [-0.3, -0.25) is 0 Å². The molecule has 0 atom stereocenters. The van der Waals surface area contributed by atoms with E-state index in [1.165, 1.54) is 0 Å². The van der Waals surface area contributed by atoms with Crippen LogP contribution in [0.15, 0.2) is 0 Å². The molecule has 0 spiro atoms. The van der Waals surface area contributed by atoms with E-state index in [9.17, 15) is 4.79 Å². The third kappa shape index (κ3) is 2.99. The van der Waals surface area contributed by atoms with Crippen LogP contribution in [0.25, 0.3) is 0 Å². The number of hydrogen-bond acceptors (Lipinski definition) is 1. The van der Waals surface area contributed by atoms with E-state index in [4.69, 9.17) is 0 Å². The fraction of sp³-hybridized carbons (Fsp3) is 0.800. The van der Waals surface area contributed by atoms with Crippen molar-refractivity contribution in [2.75, 3.05) is 0 Å².